The van der Waals surface area contributed by atoms with E-state index in [1.807, 2.05) is 18.2 Å². The molecule has 0 saturated carbocycles. The highest BCUT2D eigenvalue weighted by Gasteiger charge is 2.12. The lowest BCUT2D eigenvalue weighted by molar-refractivity contribution is 0.253. The fraction of sp³-hybridized carbons (Fsp3) is 0.286. The summed E-state index contributed by atoms with van der Waals surface area (Å²) in [6.07, 6.45) is 1.11. The molecule has 1 aromatic heterocycles. The predicted octanol–water partition coefficient (Wildman–Crippen LogP) is 4.27. The van der Waals surface area contributed by atoms with E-state index >= 15 is 0 Å². The zero-order valence-electron chi connectivity index (χ0n) is 14.1. The maximum Gasteiger partial charge on any atom is 0.196 e. The SMILES string of the molecule is CCc1ccc2sc3ccc(C#CC(C)O)cc3c(=O)c2c1CC. The largest absolute Gasteiger partial charge is 0.381 e. The zero-order chi connectivity index (χ0) is 17.3. The lowest BCUT2D eigenvalue weighted by atomic mass is 9.98. The third-order valence-electron chi connectivity index (χ3n) is 4.20. The van der Waals surface area contributed by atoms with Crippen LogP contribution in [0.4, 0.5) is 0 Å². The summed E-state index contributed by atoms with van der Waals surface area (Å²) in [5, 5.41) is 10.9. The van der Waals surface area contributed by atoms with Crippen LogP contribution in [0.15, 0.2) is 35.1 Å². The fourth-order valence-electron chi connectivity index (χ4n) is 3.05. The van der Waals surface area contributed by atoms with E-state index in [9.17, 15) is 9.90 Å². The van der Waals surface area contributed by atoms with Crippen molar-refractivity contribution in [3.63, 3.8) is 0 Å². The molecular weight excluding hydrogens is 316 g/mol. The Morgan fingerprint density at radius 1 is 1.12 bits per heavy atom. The summed E-state index contributed by atoms with van der Waals surface area (Å²) in [6.45, 7) is 5.86. The van der Waals surface area contributed by atoms with Crippen molar-refractivity contribution in [2.75, 3.05) is 0 Å². The average molecular weight is 336 g/mol. The van der Waals surface area contributed by atoms with Crippen molar-refractivity contribution < 1.29 is 5.11 Å². The summed E-state index contributed by atoms with van der Waals surface area (Å²) in [6, 6.07) is 9.92. The van der Waals surface area contributed by atoms with Crippen LogP contribution in [0.1, 0.15) is 37.5 Å². The Bertz CT molecular complexity index is 1030. The lowest BCUT2D eigenvalue weighted by Gasteiger charge is -2.10. The van der Waals surface area contributed by atoms with Gasteiger partial charge in [0.2, 0.25) is 0 Å². The monoisotopic (exact) mass is 336 g/mol. The highest BCUT2D eigenvalue weighted by Crippen LogP contribution is 2.29. The third-order valence-corrected chi connectivity index (χ3v) is 5.34. The van der Waals surface area contributed by atoms with Gasteiger partial charge in [-0.15, -0.1) is 11.3 Å². The second-order valence-electron chi connectivity index (χ2n) is 5.87. The van der Waals surface area contributed by atoms with Gasteiger partial charge >= 0.3 is 0 Å². The van der Waals surface area contributed by atoms with Gasteiger partial charge in [-0.3, -0.25) is 4.79 Å². The van der Waals surface area contributed by atoms with Crippen molar-refractivity contribution in [1.82, 2.24) is 0 Å². The molecule has 2 aromatic carbocycles. The number of fused-ring (bicyclic) bond motifs is 2. The van der Waals surface area contributed by atoms with Gasteiger partial charge in [0.05, 0.1) is 0 Å². The minimum absolute atomic E-state index is 0.0894. The van der Waals surface area contributed by atoms with Gasteiger partial charge in [-0.25, -0.2) is 0 Å². The number of rotatable bonds is 2. The number of benzene rings is 2. The molecule has 0 bridgehead atoms. The Morgan fingerprint density at radius 2 is 1.88 bits per heavy atom. The molecule has 3 heteroatoms. The van der Waals surface area contributed by atoms with E-state index in [1.54, 1.807) is 18.3 Å². The van der Waals surface area contributed by atoms with Crippen LogP contribution in [0.2, 0.25) is 0 Å². The first-order chi connectivity index (χ1) is 11.5. The predicted molar refractivity (Wildman–Crippen MR) is 103 cm³/mol. The van der Waals surface area contributed by atoms with Gasteiger partial charge in [0.1, 0.15) is 6.10 Å². The average Bonchev–Trinajstić information content (AvgIpc) is 2.59. The van der Waals surface area contributed by atoms with E-state index < -0.39 is 6.10 Å². The Balaban J connectivity index is 2.35. The summed E-state index contributed by atoms with van der Waals surface area (Å²) in [5.41, 5.74) is 3.26. The van der Waals surface area contributed by atoms with Gasteiger partial charge in [-0.2, -0.15) is 0 Å². The Kier molecular flexibility index (Phi) is 4.71. The molecule has 3 aromatic rings. The normalized spacial score (nSPS) is 12.2. The van der Waals surface area contributed by atoms with Gasteiger partial charge in [0.25, 0.3) is 0 Å². The molecule has 0 spiro atoms. The molecule has 0 aliphatic carbocycles. The first-order valence-corrected chi connectivity index (χ1v) is 9.07. The standard InChI is InChI=1S/C21H20O2S/c1-4-15-9-11-19-20(16(15)5-2)21(23)17-12-14(7-6-13(3)22)8-10-18(17)24-19/h8-13,22H,4-5H2,1-3H3. The zero-order valence-corrected chi connectivity index (χ0v) is 15.0. The molecule has 24 heavy (non-hydrogen) atoms. The number of aliphatic hydroxyl groups excluding tert-OH is 1. The fourth-order valence-corrected chi connectivity index (χ4v) is 4.14. The van der Waals surface area contributed by atoms with E-state index in [2.05, 4.69) is 37.8 Å². The highest BCUT2D eigenvalue weighted by molar-refractivity contribution is 7.24. The van der Waals surface area contributed by atoms with Crippen LogP contribution in [-0.2, 0) is 12.8 Å². The van der Waals surface area contributed by atoms with Gasteiger partial charge in [-0.05, 0) is 55.2 Å². The summed E-state index contributed by atoms with van der Waals surface area (Å²) in [5.74, 6) is 5.66. The number of aryl methyl sites for hydroxylation is 2. The Hall–Kier alpha value is -2.15. The molecule has 2 nitrogen and oxygen atoms in total. The first-order valence-electron chi connectivity index (χ1n) is 8.26. The van der Waals surface area contributed by atoms with Gasteiger partial charge in [-0.1, -0.05) is 31.8 Å². The van der Waals surface area contributed by atoms with E-state index in [0.717, 1.165) is 33.2 Å². The van der Waals surface area contributed by atoms with Crippen LogP contribution in [0.25, 0.3) is 20.2 Å². The van der Waals surface area contributed by atoms with Crippen LogP contribution >= 0.6 is 11.3 Å². The van der Waals surface area contributed by atoms with Crippen molar-refractivity contribution in [2.24, 2.45) is 0 Å². The van der Waals surface area contributed by atoms with Crippen molar-refractivity contribution >= 4 is 31.5 Å². The summed E-state index contributed by atoms with van der Waals surface area (Å²) in [4.78, 5) is 13.1. The molecular formula is C21H20O2S. The summed E-state index contributed by atoms with van der Waals surface area (Å²) in [7, 11) is 0. The van der Waals surface area contributed by atoms with Gasteiger partial charge < -0.3 is 5.11 Å². The number of hydrogen-bond acceptors (Lipinski definition) is 3. The number of aliphatic hydroxyl groups is 1. The minimum Gasteiger partial charge on any atom is -0.381 e. The molecule has 1 N–H and O–H groups in total. The van der Waals surface area contributed by atoms with Crippen molar-refractivity contribution in [1.29, 1.82) is 0 Å². The van der Waals surface area contributed by atoms with Crippen LogP contribution in [0, 0.1) is 11.8 Å². The molecule has 3 rings (SSSR count). The molecule has 122 valence electrons. The molecule has 0 aliphatic rings. The first kappa shape index (κ1) is 16.7. The van der Waals surface area contributed by atoms with Gasteiger partial charge in [0, 0.05) is 25.7 Å². The molecule has 1 unspecified atom stereocenters. The van der Waals surface area contributed by atoms with Crippen LogP contribution in [0.3, 0.4) is 0 Å². The summed E-state index contributed by atoms with van der Waals surface area (Å²) >= 11 is 1.65. The van der Waals surface area contributed by atoms with Crippen molar-refractivity contribution in [3.8, 4) is 11.8 Å². The molecule has 0 aliphatic heterocycles. The third kappa shape index (κ3) is 2.96. The van der Waals surface area contributed by atoms with E-state index in [-0.39, 0.29) is 5.43 Å². The quantitative estimate of drug-likeness (QED) is 0.560. The molecule has 0 saturated heterocycles. The van der Waals surface area contributed by atoms with E-state index in [4.69, 9.17) is 0 Å². The van der Waals surface area contributed by atoms with E-state index in [1.165, 1.54) is 11.1 Å². The van der Waals surface area contributed by atoms with Crippen LogP contribution < -0.4 is 5.43 Å². The second-order valence-corrected chi connectivity index (χ2v) is 6.95. The number of hydrogen-bond donors (Lipinski definition) is 1. The minimum atomic E-state index is -0.675. The van der Waals surface area contributed by atoms with Crippen molar-refractivity contribution in [3.05, 3.63) is 57.2 Å². The summed E-state index contributed by atoms with van der Waals surface area (Å²) < 4.78 is 2.02. The highest BCUT2D eigenvalue weighted by atomic mass is 32.1. The Labute approximate surface area is 145 Å². The topological polar surface area (TPSA) is 37.3 Å². The molecule has 1 heterocycles. The van der Waals surface area contributed by atoms with E-state index in [0.29, 0.717) is 5.39 Å². The molecule has 1 atom stereocenters. The maximum absolute atomic E-state index is 13.1. The molecule has 0 fully saturated rings. The smallest absolute Gasteiger partial charge is 0.196 e. The molecule has 0 amide bonds. The Morgan fingerprint density at radius 3 is 2.54 bits per heavy atom. The van der Waals surface area contributed by atoms with Crippen molar-refractivity contribution in [2.45, 2.75) is 39.7 Å². The van der Waals surface area contributed by atoms with Crippen LogP contribution in [-0.4, -0.2) is 11.2 Å². The lowest BCUT2D eigenvalue weighted by Crippen LogP contribution is -2.06. The maximum atomic E-state index is 13.1. The van der Waals surface area contributed by atoms with Crippen LogP contribution in [0.5, 0.6) is 0 Å². The molecule has 0 radical (unpaired) electrons. The van der Waals surface area contributed by atoms with Gasteiger partial charge in [0.15, 0.2) is 5.43 Å². The second kappa shape index (κ2) is 6.76.